The first-order valence-corrected chi connectivity index (χ1v) is 4.53. The lowest BCUT2D eigenvalue weighted by molar-refractivity contribution is -0.0701. The third-order valence-corrected chi connectivity index (χ3v) is 2.78. The number of hydrogen-bond acceptors (Lipinski definition) is 2. The summed E-state index contributed by atoms with van der Waals surface area (Å²) in [4.78, 5) is 0. The second-order valence-corrected chi connectivity index (χ2v) is 4.21. The lowest BCUT2D eigenvalue weighted by Crippen LogP contribution is -2.40. The molecule has 0 aliphatic heterocycles. The van der Waals surface area contributed by atoms with Crippen molar-refractivity contribution in [3.8, 4) is 0 Å². The molecule has 0 aromatic carbocycles. The molecule has 0 saturated heterocycles. The van der Waals surface area contributed by atoms with E-state index in [2.05, 4.69) is 6.58 Å². The maximum absolute atomic E-state index is 9.92. The summed E-state index contributed by atoms with van der Waals surface area (Å²) in [7, 11) is 0. The van der Waals surface area contributed by atoms with Gasteiger partial charge in [0.25, 0.3) is 0 Å². The molecule has 1 aliphatic rings. The zero-order valence-electron chi connectivity index (χ0n) is 7.71. The van der Waals surface area contributed by atoms with Gasteiger partial charge in [-0.1, -0.05) is 6.08 Å². The van der Waals surface area contributed by atoms with Crippen LogP contribution in [-0.4, -0.2) is 21.4 Å². The third kappa shape index (κ3) is 2.32. The topological polar surface area (TPSA) is 40.5 Å². The highest BCUT2D eigenvalue weighted by atomic mass is 16.3. The van der Waals surface area contributed by atoms with E-state index in [1.807, 2.05) is 6.92 Å². The number of aliphatic hydroxyl groups is 2. The van der Waals surface area contributed by atoms with Crippen LogP contribution in [0.4, 0.5) is 0 Å². The maximum atomic E-state index is 9.92. The summed E-state index contributed by atoms with van der Waals surface area (Å²) < 4.78 is 0. The molecule has 1 fully saturated rings. The molecule has 12 heavy (non-hydrogen) atoms. The molecule has 0 heterocycles. The third-order valence-electron chi connectivity index (χ3n) is 2.78. The molecule has 0 aromatic rings. The number of hydrogen-bond donors (Lipinski definition) is 2. The molecular weight excluding hydrogens is 152 g/mol. The van der Waals surface area contributed by atoms with Crippen molar-refractivity contribution in [2.75, 3.05) is 0 Å². The Hall–Kier alpha value is -0.340. The van der Waals surface area contributed by atoms with Crippen molar-refractivity contribution in [2.45, 2.75) is 50.2 Å². The predicted molar refractivity (Wildman–Crippen MR) is 48.9 cm³/mol. The molecule has 0 aromatic heterocycles. The highest BCUT2D eigenvalue weighted by Gasteiger charge is 2.36. The molecule has 2 heteroatoms. The Bertz CT molecular complexity index is 163. The fourth-order valence-electron chi connectivity index (χ4n) is 1.73. The Morgan fingerprint density at radius 1 is 1.25 bits per heavy atom. The largest absolute Gasteiger partial charge is 0.390 e. The van der Waals surface area contributed by atoms with E-state index in [0.717, 1.165) is 0 Å². The van der Waals surface area contributed by atoms with E-state index >= 15 is 0 Å². The van der Waals surface area contributed by atoms with Crippen molar-refractivity contribution in [1.29, 1.82) is 0 Å². The average Bonchev–Trinajstić information content (AvgIpc) is 1.98. The van der Waals surface area contributed by atoms with Gasteiger partial charge in [0, 0.05) is 0 Å². The highest BCUT2D eigenvalue weighted by molar-refractivity contribution is 4.94. The first-order valence-electron chi connectivity index (χ1n) is 4.53. The quantitative estimate of drug-likeness (QED) is 0.618. The Morgan fingerprint density at radius 2 is 1.75 bits per heavy atom. The van der Waals surface area contributed by atoms with Gasteiger partial charge in [0.05, 0.1) is 11.2 Å². The molecule has 0 radical (unpaired) electrons. The maximum Gasteiger partial charge on any atom is 0.0684 e. The molecule has 1 aliphatic carbocycles. The van der Waals surface area contributed by atoms with Crippen LogP contribution in [-0.2, 0) is 0 Å². The van der Waals surface area contributed by atoms with Crippen LogP contribution in [0.15, 0.2) is 12.7 Å². The van der Waals surface area contributed by atoms with Gasteiger partial charge < -0.3 is 10.2 Å². The summed E-state index contributed by atoms with van der Waals surface area (Å²) in [6.07, 6.45) is 5.15. The summed E-state index contributed by atoms with van der Waals surface area (Å²) in [6, 6.07) is 0. The zero-order valence-corrected chi connectivity index (χ0v) is 7.71. The molecule has 2 N–H and O–H groups in total. The van der Waals surface area contributed by atoms with E-state index < -0.39 is 11.2 Å². The molecule has 70 valence electrons. The Morgan fingerprint density at radius 3 is 2.17 bits per heavy atom. The van der Waals surface area contributed by atoms with Crippen LogP contribution < -0.4 is 0 Å². The van der Waals surface area contributed by atoms with Crippen LogP contribution >= 0.6 is 0 Å². The van der Waals surface area contributed by atoms with Crippen LogP contribution in [0.1, 0.15) is 39.0 Å². The Labute approximate surface area is 73.9 Å². The minimum absolute atomic E-state index is 0.562. The molecule has 0 unspecified atom stereocenters. The van der Waals surface area contributed by atoms with E-state index in [1.54, 1.807) is 6.08 Å². The van der Waals surface area contributed by atoms with Gasteiger partial charge in [-0.25, -0.2) is 0 Å². The second kappa shape index (κ2) is 3.19. The molecule has 2 nitrogen and oxygen atoms in total. The van der Waals surface area contributed by atoms with Gasteiger partial charge >= 0.3 is 0 Å². The van der Waals surface area contributed by atoms with Gasteiger partial charge in [-0.2, -0.15) is 0 Å². The standard InChI is InChI=1S/C10H18O2/c1-3-4-10(12)7-5-9(2,11)6-8-10/h3,11-12H,1,4-8H2,2H3/t9-,10+. The van der Waals surface area contributed by atoms with Crippen LogP contribution in [0, 0.1) is 0 Å². The normalized spacial score (nSPS) is 42.6. The van der Waals surface area contributed by atoms with Gasteiger partial charge in [-0.3, -0.25) is 0 Å². The van der Waals surface area contributed by atoms with Gasteiger partial charge in [0.2, 0.25) is 0 Å². The van der Waals surface area contributed by atoms with Crippen molar-refractivity contribution < 1.29 is 10.2 Å². The lowest BCUT2D eigenvalue weighted by Gasteiger charge is -2.38. The van der Waals surface area contributed by atoms with Crippen LogP contribution in [0.3, 0.4) is 0 Å². The summed E-state index contributed by atoms with van der Waals surface area (Å²) in [5, 5.41) is 19.6. The van der Waals surface area contributed by atoms with Crippen LogP contribution in [0.2, 0.25) is 0 Å². The minimum atomic E-state index is -0.593. The van der Waals surface area contributed by atoms with Gasteiger partial charge in [0.1, 0.15) is 0 Å². The van der Waals surface area contributed by atoms with E-state index in [9.17, 15) is 10.2 Å². The SMILES string of the molecule is C=CC[C@]1(O)CC[C@@](C)(O)CC1. The average molecular weight is 170 g/mol. The van der Waals surface area contributed by atoms with E-state index in [4.69, 9.17) is 0 Å². The second-order valence-electron chi connectivity index (χ2n) is 4.21. The van der Waals surface area contributed by atoms with Gasteiger partial charge in [0.15, 0.2) is 0 Å². The van der Waals surface area contributed by atoms with E-state index in [1.165, 1.54) is 0 Å². The number of rotatable bonds is 2. The fraction of sp³-hybridized carbons (Fsp3) is 0.800. The molecule has 0 spiro atoms. The van der Waals surface area contributed by atoms with Crippen LogP contribution in [0.25, 0.3) is 0 Å². The Balaban J connectivity index is 2.49. The van der Waals surface area contributed by atoms with Crippen LogP contribution in [0.5, 0.6) is 0 Å². The molecule has 0 amide bonds. The van der Waals surface area contributed by atoms with Crippen molar-refractivity contribution in [3.05, 3.63) is 12.7 Å². The summed E-state index contributed by atoms with van der Waals surface area (Å²) in [6.45, 7) is 5.45. The summed E-state index contributed by atoms with van der Waals surface area (Å²) in [5.74, 6) is 0. The first kappa shape index (κ1) is 9.75. The molecule has 0 bridgehead atoms. The summed E-state index contributed by atoms with van der Waals surface area (Å²) >= 11 is 0. The molecule has 1 rings (SSSR count). The smallest absolute Gasteiger partial charge is 0.0684 e. The first-order chi connectivity index (χ1) is 5.47. The Kier molecular flexibility index (Phi) is 2.59. The predicted octanol–water partition coefficient (Wildman–Crippen LogP) is 1.62. The van der Waals surface area contributed by atoms with Crippen molar-refractivity contribution in [1.82, 2.24) is 0 Å². The molecule has 1 saturated carbocycles. The summed E-state index contributed by atoms with van der Waals surface area (Å²) in [5.41, 5.74) is -1.16. The van der Waals surface area contributed by atoms with E-state index in [0.29, 0.717) is 32.1 Å². The molecule has 0 atom stereocenters. The zero-order chi connectivity index (χ0) is 9.24. The van der Waals surface area contributed by atoms with Gasteiger partial charge in [-0.15, -0.1) is 6.58 Å². The molecular formula is C10H18O2. The van der Waals surface area contributed by atoms with Gasteiger partial charge in [-0.05, 0) is 39.0 Å². The monoisotopic (exact) mass is 170 g/mol. The van der Waals surface area contributed by atoms with Crippen molar-refractivity contribution in [2.24, 2.45) is 0 Å². The fourth-order valence-corrected chi connectivity index (χ4v) is 1.73. The van der Waals surface area contributed by atoms with Crippen molar-refractivity contribution in [3.63, 3.8) is 0 Å². The van der Waals surface area contributed by atoms with Crippen molar-refractivity contribution >= 4 is 0 Å². The van der Waals surface area contributed by atoms with E-state index in [-0.39, 0.29) is 0 Å². The highest BCUT2D eigenvalue weighted by Crippen LogP contribution is 2.36. The minimum Gasteiger partial charge on any atom is -0.390 e. The lowest BCUT2D eigenvalue weighted by atomic mass is 9.75.